The summed E-state index contributed by atoms with van der Waals surface area (Å²) in [6, 6.07) is 4.28. The number of carbonyl (C=O) groups is 2. The van der Waals surface area contributed by atoms with Crippen LogP contribution in [-0.2, 0) is 23.8 Å². The van der Waals surface area contributed by atoms with E-state index in [2.05, 4.69) is 17.9 Å². The molecule has 17 heteroatoms. The molecule has 40 heavy (non-hydrogen) atoms. The summed E-state index contributed by atoms with van der Waals surface area (Å²) in [6.45, 7) is -0.0990. The number of aliphatic carboxylic acids is 1. The van der Waals surface area contributed by atoms with E-state index in [1.54, 1.807) is 24.3 Å². The van der Waals surface area contributed by atoms with Crippen LogP contribution >= 0.6 is 12.6 Å². The number of carbonyl (C=O) groups excluding carboxylic acids is 1. The lowest BCUT2D eigenvalue weighted by atomic mass is 9.95. The number of nitrogen functional groups attached to an aromatic ring is 1. The zero-order valence-corrected chi connectivity index (χ0v) is 22.4. The minimum absolute atomic E-state index is 0.190. The second-order valence-electron chi connectivity index (χ2n) is 9.05. The van der Waals surface area contributed by atoms with Crippen molar-refractivity contribution in [2.75, 3.05) is 24.7 Å². The van der Waals surface area contributed by atoms with Crippen LogP contribution in [0.2, 0.25) is 0 Å². The SMILES string of the molecule is CC(=O)NC1C(Oc2ccc(N)cc2)OC(CO)C(O)C1OC1OC(CO)C(O)C(O)C1O.N[C@@H](CS)C(=O)O. The van der Waals surface area contributed by atoms with Gasteiger partial charge in [0.05, 0.1) is 13.2 Å². The van der Waals surface area contributed by atoms with Gasteiger partial charge >= 0.3 is 5.97 Å². The minimum atomic E-state index is -1.75. The lowest BCUT2D eigenvalue weighted by molar-refractivity contribution is -0.339. The smallest absolute Gasteiger partial charge is 0.321 e. The van der Waals surface area contributed by atoms with Crippen LogP contribution < -0.4 is 21.5 Å². The molecule has 0 aromatic heterocycles. The number of aliphatic hydroxyl groups is 6. The molecule has 11 atom stereocenters. The standard InChI is InChI=1S/C20H30N2O11.C3H7NO2S/c1-8(25)22-13-18(33-20-17(29)16(28)14(26)11(6-23)32-20)15(27)12(7-24)31-19(13)30-10-4-2-9(21)3-5-10;4-2(1-7)3(5)6/h2-5,11-20,23-24,26-29H,6-7,21H2,1H3,(H,22,25);2,7H,1,4H2,(H,5,6)/t;2-/m.0/s1. The van der Waals surface area contributed by atoms with Crippen molar-refractivity contribution in [2.45, 2.75) is 74.3 Å². The van der Waals surface area contributed by atoms with Gasteiger partial charge in [-0.05, 0) is 24.3 Å². The Hall–Kier alpha value is -2.29. The van der Waals surface area contributed by atoms with E-state index in [4.69, 9.17) is 35.5 Å². The summed E-state index contributed by atoms with van der Waals surface area (Å²) >= 11 is 3.65. The largest absolute Gasteiger partial charge is 0.480 e. The van der Waals surface area contributed by atoms with E-state index >= 15 is 0 Å². The lowest BCUT2D eigenvalue weighted by Gasteiger charge is -2.47. The van der Waals surface area contributed by atoms with Crippen LogP contribution in [0.1, 0.15) is 6.92 Å². The van der Waals surface area contributed by atoms with E-state index < -0.39 is 92.5 Å². The van der Waals surface area contributed by atoms with E-state index in [1.165, 1.54) is 6.92 Å². The fourth-order valence-corrected chi connectivity index (χ4v) is 3.97. The van der Waals surface area contributed by atoms with Crippen LogP contribution in [0.25, 0.3) is 0 Å². The Morgan fingerprint density at radius 1 is 0.975 bits per heavy atom. The Morgan fingerprint density at radius 2 is 1.52 bits per heavy atom. The zero-order chi connectivity index (χ0) is 30.1. The van der Waals surface area contributed by atoms with Crippen LogP contribution in [0.15, 0.2) is 24.3 Å². The number of aliphatic hydroxyl groups excluding tert-OH is 6. The molecule has 228 valence electrons. The third-order valence-corrected chi connectivity index (χ3v) is 6.40. The molecule has 0 bridgehead atoms. The van der Waals surface area contributed by atoms with Crippen molar-refractivity contribution >= 4 is 30.2 Å². The number of thiol groups is 1. The molecule has 10 unspecified atom stereocenters. The van der Waals surface area contributed by atoms with Crippen LogP contribution in [0.4, 0.5) is 5.69 Å². The molecule has 2 saturated heterocycles. The summed E-state index contributed by atoms with van der Waals surface area (Å²) < 4.78 is 22.5. The molecule has 2 aliphatic rings. The fraction of sp³-hybridized carbons (Fsp3) is 0.652. The summed E-state index contributed by atoms with van der Waals surface area (Å²) in [7, 11) is 0. The number of hydrogen-bond donors (Lipinski definition) is 11. The highest BCUT2D eigenvalue weighted by Gasteiger charge is 2.52. The third-order valence-electron chi connectivity index (χ3n) is 6.01. The van der Waals surface area contributed by atoms with Crippen molar-refractivity contribution in [1.29, 1.82) is 0 Å². The van der Waals surface area contributed by atoms with Crippen LogP contribution in [0.3, 0.4) is 0 Å². The first-order chi connectivity index (χ1) is 18.8. The number of ether oxygens (including phenoxy) is 4. The maximum absolute atomic E-state index is 11.9. The molecule has 2 fully saturated rings. The highest BCUT2D eigenvalue weighted by molar-refractivity contribution is 7.80. The number of carboxylic acid groups (broad SMARTS) is 1. The van der Waals surface area contributed by atoms with Crippen LogP contribution in [0, 0.1) is 0 Å². The van der Waals surface area contributed by atoms with Gasteiger partial charge in [-0.15, -0.1) is 0 Å². The van der Waals surface area contributed by atoms with Crippen molar-refractivity contribution in [1.82, 2.24) is 5.32 Å². The highest BCUT2D eigenvalue weighted by Crippen LogP contribution is 2.30. The van der Waals surface area contributed by atoms with Crippen molar-refractivity contribution in [3.8, 4) is 5.75 Å². The van der Waals surface area contributed by atoms with Gasteiger partial charge in [0.2, 0.25) is 12.2 Å². The Balaban J connectivity index is 0.000000708. The molecule has 2 heterocycles. The second-order valence-corrected chi connectivity index (χ2v) is 9.42. The highest BCUT2D eigenvalue weighted by atomic mass is 32.1. The number of anilines is 1. The summed E-state index contributed by atoms with van der Waals surface area (Å²) in [4.78, 5) is 21.7. The summed E-state index contributed by atoms with van der Waals surface area (Å²) in [5, 5.41) is 70.8. The van der Waals surface area contributed by atoms with Gasteiger partial charge in [0.15, 0.2) is 6.29 Å². The van der Waals surface area contributed by atoms with Crippen molar-refractivity contribution in [3.63, 3.8) is 0 Å². The Labute approximate surface area is 234 Å². The van der Waals surface area contributed by atoms with Crippen LogP contribution in [0.5, 0.6) is 5.75 Å². The second kappa shape index (κ2) is 15.6. The van der Waals surface area contributed by atoms with Gasteiger partial charge in [0, 0.05) is 18.4 Å². The Bertz CT molecular complexity index is 943. The molecule has 1 aromatic carbocycles. The summed E-state index contributed by atoms with van der Waals surface area (Å²) in [5.74, 6) is -1.03. The van der Waals surface area contributed by atoms with Gasteiger partial charge in [0.25, 0.3) is 0 Å². The maximum Gasteiger partial charge on any atom is 0.321 e. The maximum atomic E-state index is 11.9. The van der Waals surface area contributed by atoms with Gasteiger partial charge in [0.1, 0.15) is 60.6 Å². The minimum Gasteiger partial charge on any atom is -0.480 e. The fourth-order valence-electron chi connectivity index (χ4n) is 3.81. The average molecular weight is 596 g/mol. The van der Waals surface area contributed by atoms with Crippen LogP contribution in [-0.4, -0.2) is 134 Å². The molecule has 16 nitrogen and oxygen atoms in total. The number of nitrogens with one attached hydrogen (secondary N) is 1. The number of nitrogens with two attached hydrogens (primary N) is 2. The molecular weight excluding hydrogens is 558 g/mol. The number of carboxylic acids is 1. The van der Waals surface area contributed by atoms with Gasteiger partial charge in [-0.25, -0.2) is 0 Å². The van der Waals surface area contributed by atoms with E-state index in [9.17, 15) is 40.2 Å². The zero-order valence-electron chi connectivity index (χ0n) is 21.5. The first kappa shape index (κ1) is 33.9. The summed E-state index contributed by atoms with van der Waals surface area (Å²) in [5.41, 5.74) is 11.1. The number of rotatable bonds is 9. The van der Waals surface area contributed by atoms with E-state index in [0.29, 0.717) is 11.4 Å². The van der Waals surface area contributed by atoms with Gasteiger partial charge in [-0.1, -0.05) is 0 Å². The van der Waals surface area contributed by atoms with Crippen molar-refractivity contribution < 1.29 is 64.3 Å². The molecular formula is C23H37N3O13S. The van der Waals surface area contributed by atoms with E-state index in [-0.39, 0.29) is 5.75 Å². The molecule has 0 saturated carbocycles. The van der Waals surface area contributed by atoms with Crippen molar-refractivity contribution in [2.24, 2.45) is 5.73 Å². The number of hydrogen-bond acceptors (Lipinski definition) is 15. The molecule has 0 radical (unpaired) electrons. The summed E-state index contributed by atoms with van der Waals surface area (Å²) in [6.07, 6.45) is -13.3. The number of benzene rings is 1. The molecule has 0 spiro atoms. The average Bonchev–Trinajstić information content (AvgIpc) is 2.92. The van der Waals surface area contributed by atoms with Crippen molar-refractivity contribution in [3.05, 3.63) is 24.3 Å². The third kappa shape index (κ3) is 8.85. The topological polar surface area (TPSA) is 277 Å². The van der Waals surface area contributed by atoms with Gasteiger partial charge in [-0.3, -0.25) is 9.59 Å². The van der Waals surface area contributed by atoms with Gasteiger partial charge in [-0.2, -0.15) is 12.6 Å². The molecule has 0 aliphatic carbocycles. The molecule has 1 aromatic rings. The van der Waals surface area contributed by atoms with E-state index in [0.717, 1.165) is 0 Å². The first-order valence-corrected chi connectivity index (χ1v) is 12.8. The molecule has 3 rings (SSSR count). The predicted octanol–water partition coefficient (Wildman–Crippen LogP) is -4.26. The predicted molar refractivity (Wildman–Crippen MR) is 139 cm³/mol. The molecule has 2 aliphatic heterocycles. The molecule has 12 N–H and O–H groups in total. The monoisotopic (exact) mass is 595 g/mol. The normalized spacial score (nSPS) is 34.6. The van der Waals surface area contributed by atoms with E-state index in [1.807, 2.05) is 0 Å². The Kier molecular flexibility index (Phi) is 13.3. The quantitative estimate of drug-likeness (QED) is 0.0952. The first-order valence-electron chi connectivity index (χ1n) is 12.1. The lowest BCUT2D eigenvalue weighted by Crippen LogP contribution is -2.68. The Morgan fingerprint density at radius 3 is 2.00 bits per heavy atom. The van der Waals surface area contributed by atoms with Gasteiger partial charge < -0.3 is 71.5 Å². The number of amides is 1. The molecule has 1 amide bonds.